The van der Waals surface area contributed by atoms with E-state index >= 15 is 0 Å². The lowest BCUT2D eigenvalue weighted by atomic mass is 10.1. The van der Waals surface area contributed by atoms with Crippen LogP contribution in [-0.2, 0) is 0 Å². The van der Waals surface area contributed by atoms with Gasteiger partial charge >= 0.3 is 5.97 Å². The first-order valence-electron chi connectivity index (χ1n) is 4.30. The zero-order valence-corrected chi connectivity index (χ0v) is 8.37. The third-order valence-corrected chi connectivity index (χ3v) is 1.94. The van der Waals surface area contributed by atoms with Crippen molar-refractivity contribution in [3.05, 3.63) is 41.5 Å². The Morgan fingerprint density at radius 1 is 1.50 bits per heavy atom. The van der Waals surface area contributed by atoms with Crippen molar-refractivity contribution in [2.24, 2.45) is 0 Å². The smallest absolute Gasteiger partial charge is 0.335 e. The SMILES string of the molecule is O=C(O)c1cccc(C=CCCCl)c1. The molecular weight excluding hydrogens is 200 g/mol. The molecule has 0 unspecified atom stereocenters. The van der Waals surface area contributed by atoms with Crippen LogP contribution in [0.15, 0.2) is 30.3 Å². The van der Waals surface area contributed by atoms with Crippen LogP contribution in [0, 0.1) is 0 Å². The Hall–Kier alpha value is -1.28. The van der Waals surface area contributed by atoms with E-state index in [1.165, 1.54) is 0 Å². The Morgan fingerprint density at radius 3 is 2.93 bits per heavy atom. The minimum Gasteiger partial charge on any atom is -0.478 e. The molecule has 0 spiro atoms. The summed E-state index contributed by atoms with van der Waals surface area (Å²) in [5, 5.41) is 8.74. The molecule has 1 aromatic carbocycles. The number of aromatic carboxylic acids is 1. The van der Waals surface area contributed by atoms with Gasteiger partial charge in [-0.3, -0.25) is 0 Å². The summed E-state index contributed by atoms with van der Waals surface area (Å²) in [6.07, 6.45) is 4.58. The normalized spacial score (nSPS) is 10.6. The molecule has 0 bridgehead atoms. The third-order valence-electron chi connectivity index (χ3n) is 1.72. The van der Waals surface area contributed by atoms with E-state index in [9.17, 15) is 4.79 Å². The van der Waals surface area contributed by atoms with Gasteiger partial charge in [0.15, 0.2) is 0 Å². The predicted octanol–water partition coefficient (Wildman–Crippen LogP) is 3.03. The standard InChI is InChI=1S/C11H11ClO2/c12-7-2-1-4-9-5-3-6-10(8-9)11(13)14/h1,3-6,8H,2,7H2,(H,13,14). The molecular formula is C11H11ClO2. The lowest BCUT2D eigenvalue weighted by Crippen LogP contribution is -1.95. The molecule has 1 N–H and O–H groups in total. The van der Waals surface area contributed by atoms with Crippen LogP contribution in [0.3, 0.4) is 0 Å². The number of benzene rings is 1. The molecule has 0 aliphatic heterocycles. The number of hydrogen-bond donors (Lipinski definition) is 1. The summed E-state index contributed by atoms with van der Waals surface area (Å²) in [5.41, 5.74) is 1.19. The molecule has 1 rings (SSSR count). The summed E-state index contributed by atoms with van der Waals surface area (Å²) in [6.45, 7) is 0. The van der Waals surface area contributed by atoms with Crippen molar-refractivity contribution in [3.63, 3.8) is 0 Å². The van der Waals surface area contributed by atoms with Crippen molar-refractivity contribution in [1.29, 1.82) is 0 Å². The Labute approximate surface area is 87.8 Å². The molecule has 0 saturated heterocycles. The third kappa shape index (κ3) is 3.23. The van der Waals surface area contributed by atoms with Gasteiger partial charge in [-0.15, -0.1) is 11.6 Å². The number of alkyl halides is 1. The van der Waals surface area contributed by atoms with Gasteiger partial charge in [-0.1, -0.05) is 24.3 Å². The van der Waals surface area contributed by atoms with Crippen LogP contribution in [0.2, 0.25) is 0 Å². The van der Waals surface area contributed by atoms with Gasteiger partial charge in [0, 0.05) is 5.88 Å². The second-order valence-corrected chi connectivity index (χ2v) is 3.19. The number of hydrogen-bond acceptors (Lipinski definition) is 1. The first-order valence-corrected chi connectivity index (χ1v) is 4.83. The molecule has 0 radical (unpaired) electrons. The number of carboxylic acids is 1. The van der Waals surface area contributed by atoms with Crippen molar-refractivity contribution in [2.75, 3.05) is 5.88 Å². The highest BCUT2D eigenvalue weighted by atomic mass is 35.5. The Balaban J connectivity index is 2.78. The van der Waals surface area contributed by atoms with Crippen LogP contribution in [-0.4, -0.2) is 17.0 Å². The van der Waals surface area contributed by atoms with Crippen molar-refractivity contribution < 1.29 is 9.90 Å². The van der Waals surface area contributed by atoms with Crippen LogP contribution >= 0.6 is 11.6 Å². The van der Waals surface area contributed by atoms with Crippen LogP contribution < -0.4 is 0 Å². The number of rotatable bonds is 4. The van der Waals surface area contributed by atoms with Crippen LogP contribution in [0.1, 0.15) is 22.3 Å². The molecule has 14 heavy (non-hydrogen) atoms. The molecule has 1 aromatic rings. The summed E-state index contributed by atoms with van der Waals surface area (Å²) < 4.78 is 0. The maximum Gasteiger partial charge on any atom is 0.335 e. The van der Waals surface area contributed by atoms with Gasteiger partial charge in [0.05, 0.1) is 5.56 Å². The van der Waals surface area contributed by atoms with Gasteiger partial charge in [-0.05, 0) is 24.1 Å². The van der Waals surface area contributed by atoms with Gasteiger partial charge in [0.25, 0.3) is 0 Å². The second-order valence-electron chi connectivity index (χ2n) is 2.81. The Morgan fingerprint density at radius 2 is 2.29 bits per heavy atom. The first kappa shape index (κ1) is 10.8. The van der Waals surface area contributed by atoms with Gasteiger partial charge in [0.2, 0.25) is 0 Å². The summed E-state index contributed by atoms with van der Waals surface area (Å²) in [6, 6.07) is 6.79. The lowest BCUT2D eigenvalue weighted by Gasteiger charge is -1.96. The quantitative estimate of drug-likeness (QED) is 0.776. The van der Waals surface area contributed by atoms with E-state index in [2.05, 4.69) is 0 Å². The average Bonchev–Trinajstić information content (AvgIpc) is 2.19. The minimum absolute atomic E-state index is 0.304. The van der Waals surface area contributed by atoms with E-state index in [0.29, 0.717) is 11.4 Å². The molecule has 0 fully saturated rings. The molecule has 0 saturated carbocycles. The zero-order valence-electron chi connectivity index (χ0n) is 7.61. The summed E-state index contributed by atoms with van der Waals surface area (Å²) in [5.74, 6) is -0.327. The Bertz CT molecular complexity index is 345. The van der Waals surface area contributed by atoms with Gasteiger partial charge in [0.1, 0.15) is 0 Å². The maximum absolute atomic E-state index is 10.6. The fourth-order valence-corrected chi connectivity index (χ4v) is 1.18. The summed E-state index contributed by atoms with van der Waals surface area (Å²) in [4.78, 5) is 10.6. The van der Waals surface area contributed by atoms with E-state index < -0.39 is 5.97 Å². The largest absolute Gasteiger partial charge is 0.478 e. The summed E-state index contributed by atoms with van der Waals surface area (Å²) >= 11 is 5.50. The van der Waals surface area contributed by atoms with Crippen molar-refractivity contribution in [1.82, 2.24) is 0 Å². The maximum atomic E-state index is 10.6. The molecule has 74 valence electrons. The van der Waals surface area contributed by atoms with E-state index in [4.69, 9.17) is 16.7 Å². The molecule has 2 nitrogen and oxygen atoms in total. The number of carbonyl (C=O) groups is 1. The first-order chi connectivity index (χ1) is 6.74. The number of carboxylic acid groups (broad SMARTS) is 1. The van der Waals surface area contributed by atoms with E-state index in [1.54, 1.807) is 18.2 Å². The van der Waals surface area contributed by atoms with Crippen LogP contribution in [0.5, 0.6) is 0 Å². The second kappa shape index (κ2) is 5.45. The molecule has 0 aliphatic carbocycles. The van der Waals surface area contributed by atoms with E-state index in [0.717, 1.165) is 12.0 Å². The highest BCUT2D eigenvalue weighted by Gasteiger charge is 2.00. The predicted molar refractivity (Wildman–Crippen MR) is 57.8 cm³/mol. The van der Waals surface area contributed by atoms with E-state index in [1.807, 2.05) is 18.2 Å². The number of halogens is 1. The molecule has 0 aromatic heterocycles. The van der Waals surface area contributed by atoms with Gasteiger partial charge in [-0.2, -0.15) is 0 Å². The van der Waals surface area contributed by atoms with Crippen molar-refractivity contribution in [2.45, 2.75) is 6.42 Å². The molecule has 0 atom stereocenters. The molecule has 0 amide bonds. The average molecular weight is 211 g/mol. The van der Waals surface area contributed by atoms with Gasteiger partial charge in [-0.25, -0.2) is 4.79 Å². The highest BCUT2D eigenvalue weighted by Crippen LogP contribution is 2.07. The topological polar surface area (TPSA) is 37.3 Å². The van der Waals surface area contributed by atoms with E-state index in [-0.39, 0.29) is 0 Å². The highest BCUT2D eigenvalue weighted by molar-refractivity contribution is 6.17. The van der Waals surface area contributed by atoms with Crippen LogP contribution in [0.25, 0.3) is 6.08 Å². The van der Waals surface area contributed by atoms with Gasteiger partial charge < -0.3 is 5.11 Å². The fraction of sp³-hybridized carbons (Fsp3) is 0.182. The molecule has 3 heteroatoms. The van der Waals surface area contributed by atoms with Crippen molar-refractivity contribution >= 4 is 23.6 Å². The lowest BCUT2D eigenvalue weighted by molar-refractivity contribution is 0.0697. The number of allylic oxidation sites excluding steroid dienone is 1. The van der Waals surface area contributed by atoms with Crippen molar-refractivity contribution in [3.8, 4) is 0 Å². The zero-order chi connectivity index (χ0) is 10.4. The summed E-state index contributed by atoms with van der Waals surface area (Å²) in [7, 11) is 0. The molecule has 0 heterocycles. The fourth-order valence-electron chi connectivity index (χ4n) is 1.06. The van der Waals surface area contributed by atoms with Crippen LogP contribution in [0.4, 0.5) is 0 Å². The molecule has 0 aliphatic rings. The minimum atomic E-state index is -0.905. The Kier molecular flexibility index (Phi) is 4.20. The monoisotopic (exact) mass is 210 g/mol.